The van der Waals surface area contributed by atoms with E-state index in [0.29, 0.717) is 29.5 Å². The Balaban J connectivity index is 1.18. The number of aromatic nitrogens is 2. The Morgan fingerprint density at radius 2 is 1.77 bits per heavy atom. The minimum atomic E-state index is -0.515. The highest BCUT2D eigenvalue weighted by atomic mass is 16.3. The van der Waals surface area contributed by atoms with Crippen LogP contribution in [0.25, 0.3) is 10.9 Å². The number of hydrogen-bond donors (Lipinski definition) is 2. The molecule has 4 bridgehead atoms. The van der Waals surface area contributed by atoms with Gasteiger partial charge in [-0.3, -0.25) is 19.5 Å². The molecule has 35 heavy (non-hydrogen) atoms. The second-order valence-corrected chi connectivity index (χ2v) is 10.6. The van der Waals surface area contributed by atoms with Crippen molar-refractivity contribution >= 4 is 16.8 Å². The molecule has 0 unspecified atom stereocenters. The highest BCUT2D eigenvalue weighted by Gasteiger charge is 2.46. The van der Waals surface area contributed by atoms with E-state index in [2.05, 4.69) is 15.2 Å². The number of pyridine rings is 2. The van der Waals surface area contributed by atoms with Crippen LogP contribution in [0.3, 0.4) is 0 Å². The van der Waals surface area contributed by atoms with Crippen LogP contribution in [0.15, 0.2) is 53.6 Å². The zero-order valence-electron chi connectivity index (χ0n) is 19.9. The summed E-state index contributed by atoms with van der Waals surface area (Å²) in [6, 6.07) is 12.3. The molecule has 4 heterocycles. The number of carbonyl (C=O) groups is 1. The molecule has 4 fully saturated rings. The summed E-state index contributed by atoms with van der Waals surface area (Å²) in [4.78, 5) is 33.3. The highest BCUT2D eigenvalue weighted by Crippen LogP contribution is 2.49. The van der Waals surface area contributed by atoms with Crippen molar-refractivity contribution in [2.75, 3.05) is 13.1 Å². The molecule has 2 aromatic heterocycles. The van der Waals surface area contributed by atoms with E-state index in [9.17, 15) is 14.7 Å². The third kappa shape index (κ3) is 4.12. The number of nitrogens with zero attached hydrogens (tertiary/aromatic N) is 3. The van der Waals surface area contributed by atoms with Crippen molar-refractivity contribution in [3.05, 3.63) is 70.3 Å². The molecule has 182 valence electrons. The Morgan fingerprint density at radius 3 is 2.49 bits per heavy atom. The van der Waals surface area contributed by atoms with Gasteiger partial charge in [0.05, 0.1) is 12.1 Å². The summed E-state index contributed by atoms with van der Waals surface area (Å²) in [5.41, 5.74) is 0.751. The summed E-state index contributed by atoms with van der Waals surface area (Å²) in [6.07, 6.45) is 11.0. The number of nitrogens with one attached hydrogen (secondary N) is 1. The first-order valence-corrected chi connectivity index (χ1v) is 12.9. The van der Waals surface area contributed by atoms with Crippen molar-refractivity contribution in [2.45, 2.75) is 57.2 Å². The number of amides is 1. The number of piperidine rings is 2. The standard InChI is InChI=1S/C28H32N4O3/c33-26-23-6-1-2-7-24(23)32(17-18-5-3-8-29-16-18)28(35)25(26)27(34)30-9-4-10-31-21-12-19-11-20(14-21)15-22(31)13-19/h1-3,5-8,16,19-22,33H,4,9-15,17H2,(H,30,34). The topological polar surface area (TPSA) is 87.5 Å². The van der Waals surface area contributed by atoms with E-state index >= 15 is 0 Å². The van der Waals surface area contributed by atoms with Gasteiger partial charge >= 0.3 is 0 Å². The molecule has 7 rings (SSSR count). The molecule has 1 aromatic carbocycles. The lowest BCUT2D eigenvalue weighted by atomic mass is 9.63. The molecule has 2 saturated heterocycles. The molecule has 0 atom stereocenters. The first-order chi connectivity index (χ1) is 17.1. The van der Waals surface area contributed by atoms with Gasteiger partial charge in [0.25, 0.3) is 11.5 Å². The zero-order chi connectivity index (χ0) is 23.9. The third-order valence-corrected chi connectivity index (χ3v) is 8.34. The monoisotopic (exact) mass is 472 g/mol. The second-order valence-electron chi connectivity index (χ2n) is 10.6. The Hall–Kier alpha value is -3.19. The van der Waals surface area contributed by atoms with E-state index < -0.39 is 11.5 Å². The van der Waals surface area contributed by atoms with E-state index in [-0.39, 0.29) is 17.9 Å². The minimum absolute atomic E-state index is 0.192. The van der Waals surface area contributed by atoms with Crippen LogP contribution in [0.5, 0.6) is 5.75 Å². The molecular weight excluding hydrogens is 440 g/mol. The van der Waals surface area contributed by atoms with Gasteiger partial charge in [-0.05, 0) is 74.1 Å². The summed E-state index contributed by atoms with van der Waals surface area (Å²) < 4.78 is 1.54. The molecule has 3 aromatic rings. The zero-order valence-corrected chi connectivity index (χ0v) is 19.9. The fraction of sp³-hybridized carbons (Fsp3) is 0.464. The van der Waals surface area contributed by atoms with Crippen LogP contribution in [0.4, 0.5) is 0 Å². The van der Waals surface area contributed by atoms with Gasteiger partial charge in [-0.1, -0.05) is 18.2 Å². The second kappa shape index (κ2) is 9.11. The fourth-order valence-corrected chi connectivity index (χ4v) is 6.96. The average Bonchev–Trinajstić information content (AvgIpc) is 2.86. The van der Waals surface area contributed by atoms with Crippen molar-refractivity contribution in [2.24, 2.45) is 11.8 Å². The molecule has 0 spiro atoms. The molecule has 2 N–H and O–H groups in total. The van der Waals surface area contributed by atoms with E-state index in [1.807, 2.05) is 18.2 Å². The van der Waals surface area contributed by atoms with Crippen molar-refractivity contribution in [1.29, 1.82) is 0 Å². The van der Waals surface area contributed by atoms with Crippen LogP contribution >= 0.6 is 0 Å². The van der Waals surface area contributed by atoms with Gasteiger partial charge in [-0.25, -0.2) is 0 Å². The number of benzene rings is 1. The predicted octanol–water partition coefficient (Wildman–Crippen LogP) is 3.53. The van der Waals surface area contributed by atoms with Crippen LogP contribution in [0.2, 0.25) is 0 Å². The summed E-state index contributed by atoms with van der Waals surface area (Å²) in [7, 11) is 0. The SMILES string of the molecule is O=C(NCCCN1C2CC3CC(C2)CC1C3)c1c(O)c2ccccc2n(Cc2cccnc2)c1=O. The number of rotatable bonds is 7. The number of hydrogen-bond acceptors (Lipinski definition) is 5. The number of fused-ring (bicyclic) bond motifs is 1. The molecule has 2 aliphatic heterocycles. The van der Waals surface area contributed by atoms with Gasteiger partial charge < -0.3 is 15.0 Å². The van der Waals surface area contributed by atoms with Gasteiger partial charge in [-0.15, -0.1) is 0 Å². The largest absolute Gasteiger partial charge is 0.506 e. The Morgan fingerprint density at radius 1 is 1.03 bits per heavy atom. The smallest absolute Gasteiger partial charge is 0.268 e. The quantitative estimate of drug-likeness (QED) is 0.514. The van der Waals surface area contributed by atoms with Crippen LogP contribution in [-0.2, 0) is 6.54 Å². The summed E-state index contributed by atoms with van der Waals surface area (Å²) in [5.74, 6) is 1.09. The lowest BCUT2D eigenvalue weighted by Gasteiger charge is -2.56. The first kappa shape index (κ1) is 22.3. The summed E-state index contributed by atoms with van der Waals surface area (Å²) in [5, 5.41) is 14.3. The van der Waals surface area contributed by atoms with Gasteiger partial charge in [0.2, 0.25) is 0 Å². The molecule has 2 saturated carbocycles. The molecule has 0 radical (unpaired) electrons. The highest BCUT2D eigenvalue weighted by molar-refractivity contribution is 6.02. The number of aromatic hydroxyl groups is 1. The normalized spacial score (nSPS) is 25.3. The van der Waals surface area contributed by atoms with Crippen molar-refractivity contribution in [3.8, 4) is 5.75 Å². The number of carbonyl (C=O) groups excluding carboxylic acids is 1. The predicted molar refractivity (Wildman–Crippen MR) is 135 cm³/mol. The van der Waals surface area contributed by atoms with Crippen LogP contribution in [-0.4, -0.2) is 50.6 Å². The van der Waals surface area contributed by atoms with E-state index in [1.54, 1.807) is 35.2 Å². The summed E-state index contributed by atoms with van der Waals surface area (Å²) >= 11 is 0. The molecular formula is C28H32N4O3. The number of para-hydroxylation sites is 1. The minimum Gasteiger partial charge on any atom is -0.506 e. The van der Waals surface area contributed by atoms with Crippen LogP contribution < -0.4 is 10.9 Å². The maximum absolute atomic E-state index is 13.4. The molecule has 7 heteroatoms. The van der Waals surface area contributed by atoms with Gasteiger partial charge in [-0.2, -0.15) is 0 Å². The Bertz CT molecular complexity index is 1270. The van der Waals surface area contributed by atoms with E-state index in [0.717, 1.165) is 30.4 Å². The lowest BCUT2D eigenvalue weighted by Crippen LogP contribution is -2.58. The first-order valence-electron chi connectivity index (χ1n) is 12.9. The maximum atomic E-state index is 13.4. The molecule has 2 aliphatic carbocycles. The van der Waals surface area contributed by atoms with Crippen molar-refractivity contribution < 1.29 is 9.90 Å². The van der Waals surface area contributed by atoms with Gasteiger partial charge in [0.1, 0.15) is 11.3 Å². The fourth-order valence-electron chi connectivity index (χ4n) is 6.96. The van der Waals surface area contributed by atoms with Crippen LogP contribution in [0, 0.1) is 11.8 Å². The van der Waals surface area contributed by atoms with Crippen LogP contribution in [0.1, 0.15) is 54.4 Å². The average molecular weight is 473 g/mol. The van der Waals surface area contributed by atoms with Crippen molar-refractivity contribution in [3.63, 3.8) is 0 Å². The van der Waals surface area contributed by atoms with Gasteiger partial charge in [0.15, 0.2) is 0 Å². The molecule has 1 amide bonds. The van der Waals surface area contributed by atoms with E-state index in [1.165, 1.54) is 32.1 Å². The summed E-state index contributed by atoms with van der Waals surface area (Å²) in [6.45, 7) is 1.73. The molecule has 4 aliphatic rings. The van der Waals surface area contributed by atoms with Gasteiger partial charge in [0, 0.05) is 43.0 Å². The third-order valence-electron chi connectivity index (χ3n) is 8.34. The van der Waals surface area contributed by atoms with Crippen molar-refractivity contribution in [1.82, 2.24) is 19.8 Å². The maximum Gasteiger partial charge on any atom is 0.268 e. The lowest BCUT2D eigenvalue weighted by molar-refractivity contribution is -0.0587. The Labute approximate surface area is 204 Å². The molecule has 7 nitrogen and oxygen atoms in total. The van der Waals surface area contributed by atoms with E-state index in [4.69, 9.17) is 0 Å². The Kier molecular flexibility index (Phi) is 5.80.